The molecule has 128 valence electrons. The van der Waals surface area contributed by atoms with Gasteiger partial charge < -0.3 is 10.6 Å². The fourth-order valence-electron chi connectivity index (χ4n) is 2.95. The Bertz CT molecular complexity index is 886. The Morgan fingerprint density at radius 1 is 0.840 bits per heavy atom. The van der Waals surface area contributed by atoms with E-state index in [0.29, 0.717) is 5.92 Å². The second kappa shape index (κ2) is 7.39. The van der Waals surface area contributed by atoms with Crippen LogP contribution in [0.25, 0.3) is 10.8 Å². The van der Waals surface area contributed by atoms with Gasteiger partial charge in [-0.15, -0.1) is 0 Å². The molecular formula is C22H24N2O. The van der Waals surface area contributed by atoms with Gasteiger partial charge in [0.25, 0.3) is 0 Å². The van der Waals surface area contributed by atoms with Crippen molar-refractivity contribution in [2.24, 2.45) is 0 Å². The number of fused-ring (bicyclic) bond motifs is 1. The molecule has 0 bridgehead atoms. The zero-order valence-electron chi connectivity index (χ0n) is 14.9. The van der Waals surface area contributed by atoms with Crippen molar-refractivity contribution in [2.75, 3.05) is 10.6 Å². The second-order valence-corrected chi connectivity index (χ2v) is 6.66. The van der Waals surface area contributed by atoms with Gasteiger partial charge in [0.2, 0.25) is 5.91 Å². The molecule has 0 aliphatic rings. The molecule has 1 unspecified atom stereocenters. The van der Waals surface area contributed by atoms with Gasteiger partial charge in [-0.25, -0.2) is 0 Å². The van der Waals surface area contributed by atoms with Crippen molar-refractivity contribution < 1.29 is 4.79 Å². The predicted octanol–water partition coefficient (Wildman–Crippen LogP) is 5.40. The van der Waals surface area contributed by atoms with Crippen molar-refractivity contribution in [3.63, 3.8) is 0 Å². The van der Waals surface area contributed by atoms with Crippen LogP contribution in [0.4, 0.5) is 11.4 Å². The van der Waals surface area contributed by atoms with Gasteiger partial charge in [0, 0.05) is 11.4 Å². The number of hydrogen-bond acceptors (Lipinski definition) is 2. The number of para-hydroxylation sites is 1. The van der Waals surface area contributed by atoms with Crippen LogP contribution in [0.3, 0.4) is 0 Å². The third-order valence-corrected chi connectivity index (χ3v) is 4.37. The van der Waals surface area contributed by atoms with Gasteiger partial charge in [-0.1, -0.05) is 62.4 Å². The van der Waals surface area contributed by atoms with Crippen molar-refractivity contribution in [2.45, 2.75) is 32.7 Å². The summed E-state index contributed by atoms with van der Waals surface area (Å²) >= 11 is 0. The van der Waals surface area contributed by atoms with Gasteiger partial charge in [0.05, 0.1) is 0 Å². The first-order valence-electron chi connectivity index (χ1n) is 8.69. The van der Waals surface area contributed by atoms with Crippen LogP contribution < -0.4 is 10.6 Å². The molecule has 3 heteroatoms. The summed E-state index contributed by atoms with van der Waals surface area (Å²) in [6, 6.07) is 22.0. The molecule has 25 heavy (non-hydrogen) atoms. The van der Waals surface area contributed by atoms with Gasteiger partial charge in [-0.3, -0.25) is 4.79 Å². The molecule has 0 radical (unpaired) electrons. The molecule has 3 nitrogen and oxygen atoms in total. The van der Waals surface area contributed by atoms with E-state index in [1.54, 1.807) is 0 Å². The Hall–Kier alpha value is -2.81. The second-order valence-electron chi connectivity index (χ2n) is 6.66. The zero-order valence-corrected chi connectivity index (χ0v) is 14.9. The van der Waals surface area contributed by atoms with Crippen molar-refractivity contribution in [1.82, 2.24) is 0 Å². The third kappa shape index (κ3) is 4.00. The van der Waals surface area contributed by atoms with E-state index >= 15 is 0 Å². The van der Waals surface area contributed by atoms with Crippen LogP contribution >= 0.6 is 0 Å². The van der Waals surface area contributed by atoms with Gasteiger partial charge in [0.1, 0.15) is 6.04 Å². The molecule has 0 aliphatic carbocycles. The lowest BCUT2D eigenvalue weighted by Crippen LogP contribution is -2.32. The molecule has 3 aromatic rings. The normalized spacial score (nSPS) is 12.2. The lowest BCUT2D eigenvalue weighted by molar-refractivity contribution is -0.116. The van der Waals surface area contributed by atoms with Crippen LogP contribution in [-0.4, -0.2) is 11.9 Å². The first-order valence-corrected chi connectivity index (χ1v) is 8.69. The lowest BCUT2D eigenvalue weighted by atomic mass is 10.0. The highest BCUT2D eigenvalue weighted by Gasteiger charge is 2.15. The summed E-state index contributed by atoms with van der Waals surface area (Å²) < 4.78 is 0. The van der Waals surface area contributed by atoms with Crippen LogP contribution in [0.15, 0.2) is 66.7 Å². The average Bonchev–Trinajstić information content (AvgIpc) is 2.61. The largest absolute Gasteiger partial charge is 0.374 e. The van der Waals surface area contributed by atoms with E-state index in [0.717, 1.165) is 22.3 Å². The quantitative estimate of drug-likeness (QED) is 0.656. The Labute approximate surface area is 149 Å². The molecule has 0 saturated carbocycles. The highest BCUT2D eigenvalue weighted by Crippen LogP contribution is 2.24. The Morgan fingerprint density at radius 2 is 1.52 bits per heavy atom. The third-order valence-electron chi connectivity index (χ3n) is 4.37. The van der Waals surface area contributed by atoms with Gasteiger partial charge in [-0.2, -0.15) is 0 Å². The van der Waals surface area contributed by atoms with E-state index in [4.69, 9.17) is 0 Å². The molecule has 3 aromatic carbocycles. The fourth-order valence-corrected chi connectivity index (χ4v) is 2.95. The van der Waals surface area contributed by atoms with Crippen LogP contribution in [0.1, 0.15) is 32.3 Å². The Balaban J connectivity index is 1.72. The SMILES string of the molecule is CC(Nc1ccc2ccccc2c1)C(=O)Nc1ccccc1C(C)C. The molecule has 1 amide bonds. The molecule has 0 heterocycles. The maximum atomic E-state index is 12.6. The molecule has 0 spiro atoms. The topological polar surface area (TPSA) is 41.1 Å². The van der Waals surface area contributed by atoms with Crippen molar-refractivity contribution in [3.05, 3.63) is 72.3 Å². The summed E-state index contributed by atoms with van der Waals surface area (Å²) in [5.74, 6) is 0.321. The maximum Gasteiger partial charge on any atom is 0.246 e. The van der Waals surface area contributed by atoms with Gasteiger partial charge in [0.15, 0.2) is 0 Å². The number of benzene rings is 3. The van der Waals surface area contributed by atoms with Crippen molar-refractivity contribution in [1.29, 1.82) is 0 Å². The molecule has 0 aromatic heterocycles. The van der Waals surface area contributed by atoms with E-state index in [-0.39, 0.29) is 11.9 Å². The highest BCUT2D eigenvalue weighted by atomic mass is 16.2. The summed E-state index contributed by atoms with van der Waals surface area (Å²) in [6.45, 7) is 6.13. The molecule has 0 fully saturated rings. The van der Waals surface area contributed by atoms with E-state index in [2.05, 4.69) is 54.8 Å². The molecule has 2 N–H and O–H groups in total. The van der Waals surface area contributed by atoms with E-state index < -0.39 is 0 Å². The van der Waals surface area contributed by atoms with Crippen LogP contribution in [-0.2, 0) is 4.79 Å². The number of nitrogens with one attached hydrogen (secondary N) is 2. The van der Waals surface area contributed by atoms with Crippen LogP contribution in [0.2, 0.25) is 0 Å². The van der Waals surface area contributed by atoms with Gasteiger partial charge >= 0.3 is 0 Å². The molecule has 0 aliphatic heterocycles. The number of hydrogen-bond donors (Lipinski definition) is 2. The summed E-state index contributed by atoms with van der Waals surface area (Å²) in [5, 5.41) is 8.69. The lowest BCUT2D eigenvalue weighted by Gasteiger charge is -2.18. The minimum atomic E-state index is -0.332. The number of rotatable bonds is 5. The Kier molecular flexibility index (Phi) is 5.03. The monoisotopic (exact) mass is 332 g/mol. The van der Waals surface area contributed by atoms with E-state index in [9.17, 15) is 4.79 Å². The number of anilines is 2. The first-order chi connectivity index (χ1) is 12.0. The zero-order chi connectivity index (χ0) is 17.8. The number of amides is 1. The minimum Gasteiger partial charge on any atom is -0.374 e. The maximum absolute atomic E-state index is 12.6. The van der Waals surface area contributed by atoms with Crippen LogP contribution in [0, 0.1) is 0 Å². The van der Waals surface area contributed by atoms with Crippen LogP contribution in [0.5, 0.6) is 0 Å². The molecule has 1 atom stereocenters. The summed E-state index contributed by atoms with van der Waals surface area (Å²) in [7, 11) is 0. The highest BCUT2D eigenvalue weighted by molar-refractivity contribution is 5.97. The summed E-state index contributed by atoms with van der Waals surface area (Å²) in [4.78, 5) is 12.6. The summed E-state index contributed by atoms with van der Waals surface area (Å²) in [5.41, 5.74) is 2.97. The minimum absolute atomic E-state index is 0.0405. The van der Waals surface area contributed by atoms with Crippen molar-refractivity contribution >= 4 is 28.1 Å². The predicted molar refractivity (Wildman–Crippen MR) is 106 cm³/mol. The standard InChI is InChI=1S/C22H24N2O/c1-15(2)20-10-6-7-11-21(20)24-22(25)16(3)23-19-13-12-17-8-4-5-9-18(17)14-19/h4-16,23H,1-3H3,(H,24,25). The van der Waals surface area contributed by atoms with Crippen molar-refractivity contribution in [3.8, 4) is 0 Å². The smallest absolute Gasteiger partial charge is 0.246 e. The van der Waals surface area contributed by atoms with E-state index in [1.165, 1.54) is 5.39 Å². The molecule has 3 rings (SSSR count). The Morgan fingerprint density at radius 3 is 2.28 bits per heavy atom. The van der Waals surface area contributed by atoms with Gasteiger partial charge in [-0.05, 0) is 47.4 Å². The average molecular weight is 332 g/mol. The number of carbonyl (C=O) groups is 1. The number of carbonyl (C=O) groups excluding carboxylic acids is 1. The fraction of sp³-hybridized carbons (Fsp3) is 0.227. The summed E-state index contributed by atoms with van der Waals surface area (Å²) in [6.07, 6.45) is 0. The first kappa shape index (κ1) is 17.0. The molecular weight excluding hydrogens is 308 g/mol. The molecule has 0 saturated heterocycles. The van der Waals surface area contributed by atoms with E-state index in [1.807, 2.05) is 43.3 Å².